The van der Waals surface area contributed by atoms with Gasteiger partial charge in [0, 0.05) is 31.9 Å². The minimum Gasteiger partial charge on any atom is -0.357 e. The maximum absolute atomic E-state index is 11.7. The van der Waals surface area contributed by atoms with Crippen LogP contribution in [0.1, 0.15) is 28.5 Å². The quantitative estimate of drug-likeness (QED) is 0.290. The Bertz CT molecular complexity index is 672. The van der Waals surface area contributed by atoms with Crippen LogP contribution in [0.15, 0.2) is 41.5 Å². The van der Waals surface area contributed by atoms with Gasteiger partial charge in [-0.15, -0.1) is 24.0 Å². The molecule has 1 heterocycles. The molecule has 0 spiro atoms. The number of nitrogens with one attached hydrogen (secondary N) is 4. The number of aliphatic imine (C=N–C) groups is 1. The van der Waals surface area contributed by atoms with E-state index in [1.54, 1.807) is 13.2 Å². The maximum Gasteiger partial charge on any atom is 0.251 e. The molecule has 0 saturated heterocycles. The first-order chi connectivity index (χ1) is 11.7. The van der Waals surface area contributed by atoms with Crippen molar-refractivity contribution in [1.82, 2.24) is 26.1 Å². The summed E-state index contributed by atoms with van der Waals surface area (Å²) in [6.45, 7) is 4.09. The molecule has 7 nitrogen and oxygen atoms in total. The topological polar surface area (TPSA) is 94.2 Å². The third-order valence-electron chi connectivity index (χ3n) is 3.43. The summed E-state index contributed by atoms with van der Waals surface area (Å²) in [5.41, 5.74) is 2.74. The van der Waals surface area contributed by atoms with Crippen molar-refractivity contribution in [3.8, 4) is 0 Å². The molecule has 25 heavy (non-hydrogen) atoms. The van der Waals surface area contributed by atoms with E-state index in [1.807, 2.05) is 37.3 Å². The molecule has 1 aromatic carbocycles. The third kappa shape index (κ3) is 7.12. The smallest absolute Gasteiger partial charge is 0.251 e. The molecule has 0 saturated carbocycles. The van der Waals surface area contributed by atoms with Gasteiger partial charge in [-0.25, -0.2) is 4.99 Å². The van der Waals surface area contributed by atoms with Crippen molar-refractivity contribution in [1.29, 1.82) is 0 Å². The first kappa shape index (κ1) is 20.9. The van der Waals surface area contributed by atoms with Crippen LogP contribution in [-0.2, 0) is 13.0 Å². The molecule has 0 aliphatic rings. The Kier molecular flexibility index (Phi) is 9.60. The van der Waals surface area contributed by atoms with Crippen molar-refractivity contribution in [3.63, 3.8) is 0 Å². The number of H-pyrrole nitrogens is 1. The molecule has 2 aromatic rings. The number of aromatic nitrogens is 2. The lowest BCUT2D eigenvalue weighted by Crippen LogP contribution is -2.38. The number of hydrogen-bond acceptors (Lipinski definition) is 3. The van der Waals surface area contributed by atoms with Gasteiger partial charge >= 0.3 is 0 Å². The Labute approximate surface area is 165 Å². The van der Waals surface area contributed by atoms with Crippen LogP contribution in [-0.4, -0.2) is 42.2 Å². The van der Waals surface area contributed by atoms with Gasteiger partial charge in [-0.05, 0) is 37.1 Å². The highest BCUT2D eigenvalue weighted by Crippen LogP contribution is 2.05. The van der Waals surface area contributed by atoms with E-state index in [4.69, 9.17) is 0 Å². The summed E-state index contributed by atoms with van der Waals surface area (Å²) in [5.74, 6) is 0.689. The van der Waals surface area contributed by atoms with Gasteiger partial charge in [0.2, 0.25) is 0 Å². The molecule has 136 valence electrons. The van der Waals surface area contributed by atoms with Gasteiger partial charge in [0.25, 0.3) is 5.91 Å². The lowest BCUT2D eigenvalue weighted by molar-refractivity contribution is 0.0963. The Balaban J connectivity index is 0.00000312. The van der Waals surface area contributed by atoms with Crippen molar-refractivity contribution in [2.24, 2.45) is 4.99 Å². The van der Waals surface area contributed by atoms with Gasteiger partial charge in [0.05, 0.1) is 12.2 Å². The van der Waals surface area contributed by atoms with Crippen molar-refractivity contribution in [2.75, 3.05) is 20.1 Å². The number of nitrogens with zero attached hydrogens (tertiary/aromatic N) is 2. The van der Waals surface area contributed by atoms with E-state index in [-0.39, 0.29) is 29.9 Å². The van der Waals surface area contributed by atoms with Crippen molar-refractivity contribution in [3.05, 3.63) is 53.3 Å². The Morgan fingerprint density at radius 2 is 2.12 bits per heavy atom. The highest BCUT2D eigenvalue weighted by Gasteiger charge is 2.04. The molecule has 0 aliphatic heterocycles. The van der Waals surface area contributed by atoms with E-state index in [9.17, 15) is 4.79 Å². The van der Waals surface area contributed by atoms with Crippen molar-refractivity contribution in [2.45, 2.75) is 19.9 Å². The van der Waals surface area contributed by atoms with Crippen LogP contribution in [0.4, 0.5) is 0 Å². The summed E-state index contributed by atoms with van der Waals surface area (Å²) in [7, 11) is 1.63. The van der Waals surface area contributed by atoms with E-state index < -0.39 is 0 Å². The molecule has 0 bridgehead atoms. The number of amides is 1. The predicted octanol–water partition coefficient (Wildman–Crippen LogP) is 1.69. The van der Waals surface area contributed by atoms with Gasteiger partial charge in [-0.1, -0.05) is 12.1 Å². The summed E-state index contributed by atoms with van der Waals surface area (Å²) >= 11 is 0. The lowest BCUT2D eigenvalue weighted by Gasteiger charge is -2.11. The largest absolute Gasteiger partial charge is 0.357 e. The number of carbonyl (C=O) groups is 1. The second kappa shape index (κ2) is 11.5. The average molecular weight is 456 g/mol. The zero-order chi connectivity index (χ0) is 17.2. The number of aromatic amines is 1. The van der Waals surface area contributed by atoms with Crippen LogP contribution >= 0.6 is 24.0 Å². The predicted molar refractivity (Wildman–Crippen MR) is 110 cm³/mol. The Morgan fingerprint density at radius 3 is 2.80 bits per heavy atom. The number of rotatable bonds is 7. The molecule has 0 aliphatic carbocycles. The lowest BCUT2D eigenvalue weighted by atomic mass is 10.1. The molecule has 1 aromatic heterocycles. The SMILES string of the molecule is CCNC(=NCc1ccn[nH]1)NCCc1cccc(C(=O)NC)c1.I. The normalized spacial score (nSPS) is 10.7. The molecule has 0 radical (unpaired) electrons. The average Bonchev–Trinajstić information content (AvgIpc) is 3.12. The first-order valence-corrected chi connectivity index (χ1v) is 8.04. The van der Waals surface area contributed by atoms with Gasteiger partial charge < -0.3 is 16.0 Å². The summed E-state index contributed by atoms with van der Waals surface area (Å²) in [4.78, 5) is 16.2. The summed E-state index contributed by atoms with van der Waals surface area (Å²) in [6, 6.07) is 9.54. The monoisotopic (exact) mass is 456 g/mol. The van der Waals surface area contributed by atoms with Gasteiger partial charge in [-0.2, -0.15) is 5.10 Å². The number of guanidine groups is 1. The van der Waals surface area contributed by atoms with Crippen molar-refractivity contribution < 1.29 is 4.79 Å². The summed E-state index contributed by atoms with van der Waals surface area (Å²) in [5, 5.41) is 15.9. The van der Waals surface area contributed by atoms with Crippen LogP contribution < -0.4 is 16.0 Å². The standard InChI is InChI=1S/C17H24N6O.HI/c1-3-19-17(21-12-15-8-10-22-23-15)20-9-7-13-5-4-6-14(11-13)16(24)18-2;/h4-6,8,10-11H,3,7,9,12H2,1-2H3,(H,18,24)(H,22,23)(H2,19,20,21);1H. The fourth-order valence-electron chi connectivity index (χ4n) is 2.22. The van der Waals surface area contributed by atoms with Crippen LogP contribution in [0.5, 0.6) is 0 Å². The molecule has 2 rings (SSSR count). The number of benzene rings is 1. The molecule has 4 N–H and O–H groups in total. The maximum atomic E-state index is 11.7. The summed E-state index contributed by atoms with van der Waals surface area (Å²) < 4.78 is 0. The number of carbonyl (C=O) groups excluding carboxylic acids is 1. The molecule has 1 amide bonds. The van der Waals surface area contributed by atoms with E-state index in [0.717, 1.165) is 36.7 Å². The van der Waals surface area contributed by atoms with E-state index in [0.29, 0.717) is 12.1 Å². The highest BCUT2D eigenvalue weighted by molar-refractivity contribution is 14.0. The highest BCUT2D eigenvalue weighted by atomic mass is 127. The van der Waals surface area contributed by atoms with E-state index >= 15 is 0 Å². The fourth-order valence-corrected chi connectivity index (χ4v) is 2.22. The second-order valence-electron chi connectivity index (χ2n) is 5.23. The third-order valence-corrected chi connectivity index (χ3v) is 3.43. The second-order valence-corrected chi connectivity index (χ2v) is 5.23. The molecule has 0 fully saturated rings. The van der Waals surface area contributed by atoms with E-state index in [1.165, 1.54) is 0 Å². The van der Waals surface area contributed by atoms with E-state index in [2.05, 4.69) is 31.1 Å². The first-order valence-electron chi connectivity index (χ1n) is 8.04. The molecule has 0 atom stereocenters. The minimum absolute atomic E-state index is 0. The van der Waals surface area contributed by atoms with Gasteiger partial charge in [0.1, 0.15) is 0 Å². The van der Waals surface area contributed by atoms with Crippen molar-refractivity contribution >= 4 is 35.8 Å². The minimum atomic E-state index is -0.0701. The van der Waals surface area contributed by atoms with Crippen LogP contribution in [0.2, 0.25) is 0 Å². The zero-order valence-electron chi connectivity index (χ0n) is 14.5. The van der Waals surface area contributed by atoms with Crippen LogP contribution in [0, 0.1) is 0 Å². The zero-order valence-corrected chi connectivity index (χ0v) is 16.8. The number of halogens is 1. The molecular formula is C17H25IN6O. The Morgan fingerprint density at radius 1 is 1.28 bits per heavy atom. The number of hydrogen-bond donors (Lipinski definition) is 4. The Hall–Kier alpha value is -2.10. The van der Waals surface area contributed by atoms with Crippen LogP contribution in [0.3, 0.4) is 0 Å². The van der Waals surface area contributed by atoms with Crippen LogP contribution in [0.25, 0.3) is 0 Å². The molecule has 0 unspecified atom stereocenters. The van der Waals surface area contributed by atoms with Gasteiger partial charge in [0.15, 0.2) is 5.96 Å². The van der Waals surface area contributed by atoms with Gasteiger partial charge in [-0.3, -0.25) is 9.89 Å². The fraction of sp³-hybridized carbons (Fsp3) is 0.353. The summed E-state index contributed by atoms with van der Waals surface area (Å²) in [6.07, 6.45) is 2.52. The molecular weight excluding hydrogens is 431 g/mol. The molecule has 8 heteroatoms.